The molecule has 0 saturated carbocycles. The molecule has 0 spiro atoms. The van der Waals surface area contributed by atoms with E-state index in [9.17, 15) is 19.2 Å². The van der Waals surface area contributed by atoms with Crippen LogP contribution >= 0.6 is 0 Å². The molecule has 2 rings (SSSR count). The Labute approximate surface area is 273 Å². The number of unbranched alkanes of at least 4 members (excludes halogenated alkanes) is 1. The van der Waals surface area contributed by atoms with Gasteiger partial charge in [-0.25, -0.2) is 14.4 Å². The lowest BCUT2D eigenvalue weighted by Gasteiger charge is -2.33. The molecule has 0 radical (unpaired) electrons. The topological polar surface area (TPSA) is 132 Å². The molecule has 264 valence electrons. The lowest BCUT2D eigenvalue weighted by Crippen LogP contribution is -2.41. The van der Waals surface area contributed by atoms with Crippen molar-refractivity contribution in [3.8, 4) is 0 Å². The van der Waals surface area contributed by atoms with Crippen LogP contribution in [-0.2, 0) is 28.5 Å². The average Bonchev–Trinajstić information content (AvgIpc) is 2.97. The van der Waals surface area contributed by atoms with Crippen molar-refractivity contribution in [1.29, 1.82) is 0 Å². The van der Waals surface area contributed by atoms with Gasteiger partial charge in [-0.05, 0) is 98.3 Å². The number of aliphatic hydroxyl groups is 1. The van der Waals surface area contributed by atoms with Crippen LogP contribution in [-0.4, -0.2) is 97.7 Å². The maximum atomic E-state index is 11.9. The summed E-state index contributed by atoms with van der Waals surface area (Å²) >= 11 is 0. The van der Waals surface area contributed by atoms with Crippen LogP contribution < -0.4 is 0 Å². The van der Waals surface area contributed by atoms with Crippen molar-refractivity contribution < 1.29 is 43.2 Å². The van der Waals surface area contributed by atoms with Crippen LogP contribution in [0, 0.1) is 11.8 Å². The number of esters is 2. The molecule has 0 aromatic carbocycles. The van der Waals surface area contributed by atoms with Crippen LogP contribution in [0.15, 0.2) is 12.2 Å². The maximum Gasteiger partial charge on any atom is 0.410 e. The highest BCUT2D eigenvalue weighted by Crippen LogP contribution is 2.25. The second-order valence-corrected chi connectivity index (χ2v) is 13.1. The number of hydrogen-bond donors (Lipinski definition) is 1. The van der Waals surface area contributed by atoms with Gasteiger partial charge >= 0.3 is 24.1 Å². The number of nitrogens with zero attached hydrogens (tertiary/aromatic N) is 2. The summed E-state index contributed by atoms with van der Waals surface area (Å²) in [7, 11) is 3.80. The molecule has 0 aliphatic carbocycles. The van der Waals surface area contributed by atoms with Crippen LogP contribution in [0.2, 0.25) is 0 Å². The van der Waals surface area contributed by atoms with Gasteiger partial charge in [0.25, 0.3) is 0 Å². The summed E-state index contributed by atoms with van der Waals surface area (Å²) in [5.74, 6) is 0.816. The molecule has 2 fully saturated rings. The third-order valence-electron chi connectivity index (χ3n) is 7.20. The largest absolute Gasteiger partial charge is 0.469 e. The monoisotopic (exact) mass is 644 g/mol. The summed E-state index contributed by atoms with van der Waals surface area (Å²) < 4.78 is 19.9. The molecule has 0 aromatic rings. The lowest BCUT2D eigenvalue weighted by molar-refractivity contribution is -0.140. The number of piperidine rings is 2. The first kappa shape index (κ1) is 44.3. The third-order valence-corrected chi connectivity index (χ3v) is 7.20. The number of rotatable bonds is 9. The molecular formula is C34H64N2O9. The molecular weight excluding hydrogens is 580 g/mol. The Morgan fingerprint density at radius 3 is 1.51 bits per heavy atom. The molecule has 2 heterocycles. The first-order valence-electron chi connectivity index (χ1n) is 15.9. The minimum atomic E-state index is -0.438. The van der Waals surface area contributed by atoms with E-state index < -0.39 is 11.2 Å². The van der Waals surface area contributed by atoms with E-state index in [1.165, 1.54) is 20.3 Å². The number of ether oxygens (including phenoxy) is 4. The minimum absolute atomic E-state index is 0. The van der Waals surface area contributed by atoms with Crippen molar-refractivity contribution in [2.75, 3.05) is 47.5 Å². The first-order chi connectivity index (χ1) is 20.6. The highest BCUT2D eigenvalue weighted by molar-refractivity contribution is 5.81. The van der Waals surface area contributed by atoms with Crippen molar-refractivity contribution in [3.05, 3.63) is 12.2 Å². The van der Waals surface area contributed by atoms with Crippen molar-refractivity contribution in [2.24, 2.45) is 11.8 Å². The summed E-state index contributed by atoms with van der Waals surface area (Å²) in [6.45, 7) is 14.4. The molecule has 0 bridgehead atoms. The fraction of sp³-hybridized carbons (Fsp3) is 0.824. The van der Waals surface area contributed by atoms with E-state index in [1.807, 2.05) is 47.6 Å². The molecule has 45 heavy (non-hydrogen) atoms. The number of allylic oxidation sites excluding steroid dienone is 1. The van der Waals surface area contributed by atoms with Gasteiger partial charge in [0, 0.05) is 45.8 Å². The van der Waals surface area contributed by atoms with Crippen molar-refractivity contribution >= 4 is 24.1 Å². The number of hydrogen-bond acceptors (Lipinski definition) is 9. The zero-order valence-corrected chi connectivity index (χ0v) is 28.8. The summed E-state index contributed by atoms with van der Waals surface area (Å²) in [4.78, 5) is 49.4. The summed E-state index contributed by atoms with van der Waals surface area (Å²) in [5.41, 5.74) is -0.867. The van der Waals surface area contributed by atoms with Crippen molar-refractivity contribution in [2.45, 2.75) is 124 Å². The highest BCUT2D eigenvalue weighted by atomic mass is 16.6. The molecule has 2 aliphatic heterocycles. The molecule has 0 atom stereocenters. The molecule has 1 N–H and O–H groups in total. The van der Waals surface area contributed by atoms with E-state index in [4.69, 9.17) is 14.6 Å². The van der Waals surface area contributed by atoms with Crippen molar-refractivity contribution in [1.82, 2.24) is 9.80 Å². The number of carbonyl (C=O) groups is 4. The van der Waals surface area contributed by atoms with E-state index in [2.05, 4.69) is 9.47 Å². The smallest absolute Gasteiger partial charge is 0.410 e. The molecule has 2 amide bonds. The quantitative estimate of drug-likeness (QED) is 0.125. The standard InChI is InChI=1S/C16H29NO4.C16H27NO4.CH4O.CH4/c2*1-16(2,3)21-15(19)17-11-9-13(10-12-17)7-5-6-8-14(18)20-4;1-2;/h13H,5-12H2,1-4H3;6,8,13H,5,7,9-12H2,1-4H3;2H,1H3;1H4/b;8-6+;;. The van der Waals surface area contributed by atoms with E-state index in [0.717, 1.165) is 91.1 Å². The number of aliphatic hydroxyl groups excluding tert-OH is 1. The van der Waals surface area contributed by atoms with Crippen LogP contribution in [0.25, 0.3) is 0 Å². The molecule has 11 nitrogen and oxygen atoms in total. The van der Waals surface area contributed by atoms with Gasteiger partial charge in [0.15, 0.2) is 0 Å². The van der Waals surface area contributed by atoms with E-state index in [-0.39, 0.29) is 31.6 Å². The van der Waals surface area contributed by atoms with Crippen LogP contribution in [0.4, 0.5) is 9.59 Å². The van der Waals surface area contributed by atoms with Crippen LogP contribution in [0.5, 0.6) is 0 Å². The molecule has 11 heteroatoms. The highest BCUT2D eigenvalue weighted by Gasteiger charge is 2.27. The number of methoxy groups -OCH3 is 2. The van der Waals surface area contributed by atoms with Gasteiger partial charge in [-0.1, -0.05) is 26.3 Å². The molecule has 2 aliphatic rings. The van der Waals surface area contributed by atoms with E-state index in [1.54, 1.807) is 9.80 Å². The Hall–Kier alpha value is -2.82. The summed E-state index contributed by atoms with van der Waals surface area (Å²) in [6, 6.07) is 0. The van der Waals surface area contributed by atoms with Gasteiger partial charge in [0.2, 0.25) is 0 Å². The molecule has 2 saturated heterocycles. The fourth-order valence-electron chi connectivity index (χ4n) is 4.85. The zero-order chi connectivity index (χ0) is 33.8. The predicted octanol–water partition coefficient (Wildman–Crippen LogP) is 6.75. The zero-order valence-electron chi connectivity index (χ0n) is 28.8. The van der Waals surface area contributed by atoms with E-state index in [0.29, 0.717) is 18.3 Å². The van der Waals surface area contributed by atoms with Crippen LogP contribution in [0.1, 0.15) is 113 Å². The number of amides is 2. The van der Waals surface area contributed by atoms with Gasteiger partial charge < -0.3 is 33.9 Å². The van der Waals surface area contributed by atoms with Gasteiger partial charge in [0.1, 0.15) is 11.2 Å². The van der Waals surface area contributed by atoms with Gasteiger partial charge in [-0.15, -0.1) is 0 Å². The minimum Gasteiger partial charge on any atom is -0.469 e. The average molecular weight is 645 g/mol. The summed E-state index contributed by atoms with van der Waals surface area (Å²) in [6.07, 6.45) is 12.4. The Balaban J connectivity index is 0. The molecule has 0 aromatic heterocycles. The normalized spacial score (nSPS) is 15.9. The van der Waals surface area contributed by atoms with Gasteiger partial charge in [-0.3, -0.25) is 4.79 Å². The van der Waals surface area contributed by atoms with Gasteiger partial charge in [0.05, 0.1) is 14.2 Å². The Kier molecular flexibility index (Phi) is 23.1. The van der Waals surface area contributed by atoms with E-state index >= 15 is 0 Å². The third kappa shape index (κ3) is 22.4. The Morgan fingerprint density at radius 2 is 1.13 bits per heavy atom. The second-order valence-electron chi connectivity index (χ2n) is 13.1. The second kappa shape index (κ2) is 23.5. The van der Waals surface area contributed by atoms with Crippen molar-refractivity contribution in [3.63, 3.8) is 0 Å². The predicted molar refractivity (Wildman–Crippen MR) is 177 cm³/mol. The summed E-state index contributed by atoms with van der Waals surface area (Å²) in [5, 5.41) is 7.00. The SMILES string of the molecule is C.CO.COC(=O)/C=C/CCC1CCN(C(=O)OC(C)(C)C)CC1.COC(=O)CCCCC1CCN(C(=O)OC(C)(C)C)CC1. The number of carbonyl (C=O) groups excluding carboxylic acids is 4. The Bertz CT molecular complexity index is 862. The maximum absolute atomic E-state index is 11.9. The first-order valence-corrected chi connectivity index (χ1v) is 15.9. The fourth-order valence-corrected chi connectivity index (χ4v) is 4.85. The Morgan fingerprint density at radius 1 is 0.711 bits per heavy atom. The number of likely N-dealkylation sites (tertiary alicyclic amines) is 2. The van der Waals surface area contributed by atoms with Gasteiger partial charge in [-0.2, -0.15) is 0 Å². The molecule has 0 unspecified atom stereocenters. The van der Waals surface area contributed by atoms with Crippen LogP contribution in [0.3, 0.4) is 0 Å². The lowest BCUT2D eigenvalue weighted by atomic mass is 9.91.